The van der Waals surface area contributed by atoms with Gasteiger partial charge in [-0.15, -0.1) is 0 Å². The Morgan fingerprint density at radius 2 is 2.08 bits per heavy atom. The maximum atomic E-state index is 11.1. The number of benzene rings is 1. The van der Waals surface area contributed by atoms with Crippen LogP contribution in [0.1, 0.15) is 23.2 Å². The van der Waals surface area contributed by atoms with E-state index in [0.29, 0.717) is 13.1 Å². The number of nitrogens with zero attached hydrogens (tertiary/aromatic N) is 4. The molecule has 1 fully saturated rings. The molecule has 26 heavy (non-hydrogen) atoms. The number of anilines is 1. The predicted octanol–water partition coefficient (Wildman–Crippen LogP) is 2.20. The van der Waals surface area contributed by atoms with Crippen LogP contribution in [0.3, 0.4) is 0 Å². The third kappa shape index (κ3) is 3.62. The summed E-state index contributed by atoms with van der Waals surface area (Å²) in [6, 6.07) is 10.6. The minimum Gasteiger partial charge on any atom is -0.465 e. The fraction of sp³-hybridized carbons (Fsp3) is 0.421. The van der Waals surface area contributed by atoms with E-state index < -0.39 is 6.09 Å². The van der Waals surface area contributed by atoms with Crippen LogP contribution in [0, 0.1) is 0 Å². The molecule has 7 nitrogen and oxygen atoms in total. The van der Waals surface area contributed by atoms with Crippen molar-refractivity contribution in [3.8, 4) is 0 Å². The lowest BCUT2D eigenvalue weighted by atomic mass is 10.0. The first-order valence-corrected chi connectivity index (χ1v) is 9.02. The number of hydrogen-bond donors (Lipinski definition) is 2. The number of nitrogens with one attached hydrogen (secondary N) is 1. The van der Waals surface area contributed by atoms with Crippen LogP contribution in [0.5, 0.6) is 0 Å². The van der Waals surface area contributed by atoms with E-state index in [1.165, 1.54) is 10.5 Å². The lowest BCUT2D eigenvalue weighted by molar-refractivity contribution is 0.155. The Balaban J connectivity index is 1.46. The SMILES string of the molecule is O=C(O)N1CC[C@H](Nc2ncnc3c2CN(Cc2ccccc2)CC3)C1. The first-order chi connectivity index (χ1) is 12.7. The maximum absolute atomic E-state index is 11.1. The van der Waals surface area contributed by atoms with Gasteiger partial charge < -0.3 is 15.3 Å². The Morgan fingerprint density at radius 3 is 2.85 bits per heavy atom. The summed E-state index contributed by atoms with van der Waals surface area (Å²) in [4.78, 5) is 23.9. The molecule has 0 saturated carbocycles. The summed E-state index contributed by atoms with van der Waals surface area (Å²) in [5, 5.41) is 12.6. The van der Waals surface area contributed by atoms with Crippen LogP contribution in [0.25, 0.3) is 0 Å². The van der Waals surface area contributed by atoms with Gasteiger partial charge in [-0.3, -0.25) is 4.90 Å². The summed E-state index contributed by atoms with van der Waals surface area (Å²) in [6.45, 7) is 3.77. The second-order valence-electron chi connectivity index (χ2n) is 6.95. The molecular weight excluding hydrogens is 330 g/mol. The van der Waals surface area contributed by atoms with Gasteiger partial charge in [0.05, 0.1) is 5.69 Å². The normalized spacial score (nSPS) is 20.0. The van der Waals surface area contributed by atoms with E-state index >= 15 is 0 Å². The number of likely N-dealkylation sites (tertiary alicyclic amines) is 1. The van der Waals surface area contributed by atoms with Gasteiger partial charge in [-0.25, -0.2) is 14.8 Å². The second kappa shape index (κ2) is 7.29. The number of fused-ring (bicyclic) bond motifs is 1. The smallest absolute Gasteiger partial charge is 0.407 e. The van der Waals surface area contributed by atoms with Crippen molar-refractivity contribution in [1.29, 1.82) is 0 Å². The molecule has 3 heterocycles. The molecule has 0 bridgehead atoms. The lowest BCUT2D eigenvalue weighted by Gasteiger charge is -2.29. The number of rotatable bonds is 4. The quantitative estimate of drug-likeness (QED) is 0.877. The molecule has 0 unspecified atom stereocenters. The van der Waals surface area contributed by atoms with E-state index in [9.17, 15) is 4.79 Å². The molecule has 1 saturated heterocycles. The number of amides is 1. The average Bonchev–Trinajstić information content (AvgIpc) is 3.12. The van der Waals surface area contributed by atoms with Gasteiger partial charge in [0.1, 0.15) is 12.1 Å². The Labute approximate surface area is 152 Å². The third-order valence-corrected chi connectivity index (χ3v) is 5.13. The van der Waals surface area contributed by atoms with Gasteiger partial charge in [0.2, 0.25) is 0 Å². The minimum absolute atomic E-state index is 0.106. The van der Waals surface area contributed by atoms with E-state index in [4.69, 9.17) is 5.11 Å². The van der Waals surface area contributed by atoms with Gasteiger partial charge in [-0.05, 0) is 12.0 Å². The molecule has 7 heteroatoms. The fourth-order valence-electron chi connectivity index (χ4n) is 3.74. The van der Waals surface area contributed by atoms with E-state index in [0.717, 1.165) is 49.6 Å². The van der Waals surface area contributed by atoms with Gasteiger partial charge in [-0.2, -0.15) is 0 Å². The molecular formula is C19H23N5O2. The molecule has 2 aromatic rings. The molecule has 136 valence electrons. The van der Waals surface area contributed by atoms with Crippen LogP contribution in [-0.2, 0) is 19.5 Å². The molecule has 4 rings (SSSR count). The van der Waals surface area contributed by atoms with Crippen LogP contribution in [0.2, 0.25) is 0 Å². The Bertz CT molecular complexity index is 783. The van der Waals surface area contributed by atoms with Crippen molar-refractivity contribution < 1.29 is 9.90 Å². The molecule has 2 aliphatic rings. The van der Waals surface area contributed by atoms with Gasteiger partial charge in [0.25, 0.3) is 0 Å². The van der Waals surface area contributed by atoms with Gasteiger partial charge in [0, 0.05) is 50.7 Å². The van der Waals surface area contributed by atoms with Crippen molar-refractivity contribution in [1.82, 2.24) is 19.8 Å². The zero-order valence-electron chi connectivity index (χ0n) is 14.6. The summed E-state index contributed by atoms with van der Waals surface area (Å²) < 4.78 is 0. The van der Waals surface area contributed by atoms with Crippen molar-refractivity contribution in [2.75, 3.05) is 25.0 Å². The fourth-order valence-corrected chi connectivity index (χ4v) is 3.74. The highest BCUT2D eigenvalue weighted by molar-refractivity contribution is 5.65. The first-order valence-electron chi connectivity index (χ1n) is 9.02. The molecule has 1 aromatic heterocycles. The Hall–Kier alpha value is -2.67. The molecule has 2 N–H and O–H groups in total. The zero-order valence-corrected chi connectivity index (χ0v) is 14.6. The first kappa shape index (κ1) is 16.8. The molecule has 2 aliphatic heterocycles. The van der Waals surface area contributed by atoms with Crippen LogP contribution >= 0.6 is 0 Å². The van der Waals surface area contributed by atoms with Crippen molar-refractivity contribution in [2.45, 2.75) is 32.0 Å². The monoisotopic (exact) mass is 353 g/mol. The van der Waals surface area contributed by atoms with Crippen LogP contribution in [-0.4, -0.2) is 56.6 Å². The molecule has 1 amide bonds. The summed E-state index contributed by atoms with van der Waals surface area (Å²) in [5.41, 5.74) is 3.54. The zero-order chi connectivity index (χ0) is 17.9. The summed E-state index contributed by atoms with van der Waals surface area (Å²) in [5.74, 6) is 0.852. The van der Waals surface area contributed by atoms with Crippen LogP contribution < -0.4 is 5.32 Å². The number of carbonyl (C=O) groups is 1. The summed E-state index contributed by atoms with van der Waals surface area (Å²) in [7, 11) is 0. The summed E-state index contributed by atoms with van der Waals surface area (Å²) >= 11 is 0. The second-order valence-corrected chi connectivity index (χ2v) is 6.95. The van der Waals surface area contributed by atoms with Gasteiger partial charge >= 0.3 is 6.09 Å². The standard InChI is InChI=1S/C19H23N5O2/c25-19(26)24-9-6-15(11-24)22-18-16-12-23(8-7-17(16)20-13-21-18)10-14-4-2-1-3-5-14/h1-5,13,15H,6-12H2,(H,25,26)(H,20,21,22)/t15-/m0/s1. The van der Waals surface area contributed by atoms with Crippen molar-refractivity contribution in [3.05, 3.63) is 53.5 Å². The number of carboxylic acid groups (broad SMARTS) is 1. The highest BCUT2D eigenvalue weighted by Gasteiger charge is 2.28. The third-order valence-electron chi connectivity index (χ3n) is 5.13. The predicted molar refractivity (Wildman–Crippen MR) is 97.9 cm³/mol. The largest absolute Gasteiger partial charge is 0.465 e. The van der Waals surface area contributed by atoms with E-state index in [2.05, 4.69) is 44.5 Å². The van der Waals surface area contributed by atoms with Crippen molar-refractivity contribution in [3.63, 3.8) is 0 Å². The molecule has 1 aromatic carbocycles. The molecule has 0 aliphatic carbocycles. The van der Waals surface area contributed by atoms with Crippen molar-refractivity contribution >= 4 is 11.9 Å². The number of hydrogen-bond acceptors (Lipinski definition) is 5. The van der Waals surface area contributed by atoms with Gasteiger partial charge in [-0.1, -0.05) is 30.3 Å². The van der Waals surface area contributed by atoms with E-state index in [1.54, 1.807) is 6.33 Å². The van der Waals surface area contributed by atoms with Gasteiger partial charge in [0.15, 0.2) is 0 Å². The lowest BCUT2D eigenvalue weighted by Crippen LogP contribution is -2.33. The van der Waals surface area contributed by atoms with Crippen LogP contribution in [0.4, 0.5) is 10.6 Å². The molecule has 1 atom stereocenters. The topological polar surface area (TPSA) is 81.6 Å². The summed E-state index contributed by atoms with van der Waals surface area (Å²) in [6.07, 6.45) is 2.47. The number of aromatic nitrogens is 2. The minimum atomic E-state index is -0.854. The average molecular weight is 353 g/mol. The van der Waals surface area contributed by atoms with Crippen LogP contribution in [0.15, 0.2) is 36.7 Å². The Kier molecular flexibility index (Phi) is 4.71. The maximum Gasteiger partial charge on any atom is 0.407 e. The highest BCUT2D eigenvalue weighted by atomic mass is 16.4. The van der Waals surface area contributed by atoms with E-state index in [-0.39, 0.29) is 6.04 Å². The molecule has 0 spiro atoms. The van der Waals surface area contributed by atoms with E-state index in [1.807, 2.05) is 6.07 Å². The highest BCUT2D eigenvalue weighted by Crippen LogP contribution is 2.25. The molecule has 0 radical (unpaired) electrons. The Morgan fingerprint density at radius 1 is 1.23 bits per heavy atom. The van der Waals surface area contributed by atoms with Crippen molar-refractivity contribution in [2.24, 2.45) is 0 Å².